The Morgan fingerprint density at radius 2 is 1.66 bits per heavy atom. The minimum Gasteiger partial charge on any atom is -0.496 e. The summed E-state index contributed by atoms with van der Waals surface area (Å²) in [6.07, 6.45) is 0.959. The van der Waals surface area contributed by atoms with Crippen LogP contribution in [-0.2, 0) is 13.1 Å². The van der Waals surface area contributed by atoms with Crippen LogP contribution in [0.4, 0.5) is 0 Å². The van der Waals surface area contributed by atoms with Crippen molar-refractivity contribution in [2.45, 2.75) is 33.4 Å². The van der Waals surface area contributed by atoms with Crippen LogP contribution in [-0.4, -0.2) is 33.8 Å². The van der Waals surface area contributed by atoms with Crippen molar-refractivity contribution in [3.63, 3.8) is 0 Å². The molecule has 0 aliphatic carbocycles. The third-order valence-electron chi connectivity index (χ3n) is 4.26. The van der Waals surface area contributed by atoms with Gasteiger partial charge in [-0.25, -0.2) is 0 Å². The molecule has 0 saturated heterocycles. The number of aryl methyl sites for hydroxylation is 1. The van der Waals surface area contributed by atoms with Crippen LogP contribution in [0.15, 0.2) is 41.4 Å². The number of halogens is 1. The molecule has 2 N–H and O–H groups in total. The second-order valence-electron chi connectivity index (χ2n) is 6.43. The van der Waals surface area contributed by atoms with Crippen LogP contribution in [0.5, 0.6) is 17.2 Å². The van der Waals surface area contributed by atoms with Crippen LogP contribution in [0.1, 0.15) is 30.0 Å². The van der Waals surface area contributed by atoms with Crippen LogP contribution in [0.2, 0.25) is 0 Å². The molecule has 160 valence electrons. The summed E-state index contributed by atoms with van der Waals surface area (Å²) < 4.78 is 16.6. The van der Waals surface area contributed by atoms with Crippen LogP contribution in [0.25, 0.3) is 0 Å². The maximum atomic E-state index is 5.70. The van der Waals surface area contributed by atoms with Crippen molar-refractivity contribution in [2.75, 3.05) is 27.9 Å². The van der Waals surface area contributed by atoms with E-state index < -0.39 is 0 Å². The largest absolute Gasteiger partial charge is 0.496 e. The number of guanidine groups is 1. The molecule has 0 atom stereocenters. The molecule has 0 fully saturated rings. The summed E-state index contributed by atoms with van der Waals surface area (Å²) in [4.78, 5) is 4.29. The molecule has 0 heterocycles. The van der Waals surface area contributed by atoms with Crippen molar-refractivity contribution in [3.05, 3.63) is 53.1 Å². The minimum atomic E-state index is 0. The van der Waals surface area contributed by atoms with Crippen molar-refractivity contribution in [3.8, 4) is 17.2 Å². The van der Waals surface area contributed by atoms with Crippen LogP contribution < -0.4 is 24.8 Å². The van der Waals surface area contributed by atoms with E-state index in [2.05, 4.69) is 34.7 Å². The van der Waals surface area contributed by atoms with Crippen molar-refractivity contribution in [2.24, 2.45) is 4.99 Å². The highest BCUT2D eigenvalue weighted by molar-refractivity contribution is 14.0. The average Bonchev–Trinajstić information content (AvgIpc) is 2.73. The number of nitrogens with zero attached hydrogens (tertiary/aromatic N) is 1. The van der Waals surface area contributed by atoms with Crippen molar-refractivity contribution in [1.82, 2.24) is 10.6 Å². The molecule has 2 rings (SSSR count). The Labute approximate surface area is 191 Å². The number of nitrogens with one attached hydrogen (secondary N) is 2. The highest BCUT2D eigenvalue weighted by atomic mass is 127. The molecule has 0 aliphatic heterocycles. The second kappa shape index (κ2) is 13.1. The maximum absolute atomic E-state index is 5.70. The molecule has 0 aromatic heterocycles. The van der Waals surface area contributed by atoms with Gasteiger partial charge in [0.05, 0.1) is 20.8 Å². The van der Waals surface area contributed by atoms with Gasteiger partial charge in [-0.15, -0.1) is 24.0 Å². The van der Waals surface area contributed by atoms with Gasteiger partial charge in [0.1, 0.15) is 5.75 Å². The van der Waals surface area contributed by atoms with Crippen LogP contribution >= 0.6 is 24.0 Å². The molecule has 0 bridgehead atoms. The summed E-state index contributed by atoms with van der Waals surface area (Å²) in [6, 6.07) is 12.1. The predicted molar refractivity (Wildman–Crippen MR) is 129 cm³/mol. The highest BCUT2D eigenvalue weighted by Crippen LogP contribution is 2.28. The van der Waals surface area contributed by atoms with E-state index in [1.165, 1.54) is 5.56 Å². The van der Waals surface area contributed by atoms with Gasteiger partial charge in [-0.1, -0.05) is 25.1 Å². The zero-order valence-corrected chi connectivity index (χ0v) is 20.2. The summed E-state index contributed by atoms with van der Waals surface area (Å²) in [7, 11) is 5.09. The van der Waals surface area contributed by atoms with Crippen molar-refractivity contribution in [1.29, 1.82) is 0 Å². The van der Waals surface area contributed by atoms with Gasteiger partial charge in [-0.3, -0.25) is 4.99 Å². The van der Waals surface area contributed by atoms with Gasteiger partial charge in [0.2, 0.25) is 0 Å². The Hall–Kier alpha value is -2.16. The quantitative estimate of drug-likeness (QED) is 0.298. The highest BCUT2D eigenvalue weighted by Gasteiger charge is 2.08. The van der Waals surface area contributed by atoms with E-state index in [1.807, 2.05) is 31.2 Å². The Bertz CT molecular complexity index is 797. The molecule has 0 amide bonds. The lowest BCUT2D eigenvalue weighted by Crippen LogP contribution is -2.36. The Kier molecular flexibility index (Phi) is 11.3. The Morgan fingerprint density at radius 1 is 0.931 bits per heavy atom. The fourth-order valence-electron chi connectivity index (χ4n) is 2.74. The standard InChI is InChI=1S/C22H31N3O3.HI/c1-6-11-28-19-10-8-17(13-21(19)27-5)14-24-22(23-3)25-15-18-9-7-16(2)12-20(18)26-4;/h7-10,12-13H,6,11,14-15H2,1-5H3,(H2,23,24,25);1H. The Balaban J connectivity index is 0.00000420. The number of rotatable bonds is 9. The minimum absolute atomic E-state index is 0. The fraction of sp³-hybridized carbons (Fsp3) is 0.409. The molecule has 0 radical (unpaired) electrons. The van der Waals surface area contributed by atoms with E-state index in [9.17, 15) is 0 Å². The number of benzene rings is 2. The zero-order valence-electron chi connectivity index (χ0n) is 17.9. The normalized spacial score (nSPS) is 10.7. The molecule has 7 heteroatoms. The topological polar surface area (TPSA) is 64.1 Å². The smallest absolute Gasteiger partial charge is 0.191 e. The van der Waals surface area contributed by atoms with E-state index in [0.717, 1.165) is 34.8 Å². The predicted octanol–water partition coefficient (Wildman–Crippen LogP) is 4.28. The third kappa shape index (κ3) is 7.64. The van der Waals surface area contributed by atoms with Gasteiger partial charge in [0.15, 0.2) is 17.5 Å². The van der Waals surface area contributed by atoms with E-state index >= 15 is 0 Å². The molecule has 2 aromatic rings. The van der Waals surface area contributed by atoms with Crippen molar-refractivity contribution < 1.29 is 14.2 Å². The second-order valence-corrected chi connectivity index (χ2v) is 6.43. The van der Waals surface area contributed by atoms with E-state index in [4.69, 9.17) is 14.2 Å². The molecule has 6 nitrogen and oxygen atoms in total. The average molecular weight is 513 g/mol. The molecule has 0 aliphatic rings. The number of ether oxygens (including phenoxy) is 3. The van der Waals surface area contributed by atoms with Gasteiger partial charge in [0, 0.05) is 25.7 Å². The van der Waals surface area contributed by atoms with Crippen LogP contribution in [0.3, 0.4) is 0 Å². The maximum Gasteiger partial charge on any atom is 0.191 e. The molecular formula is C22H32IN3O3. The first-order chi connectivity index (χ1) is 13.6. The lowest BCUT2D eigenvalue weighted by molar-refractivity contribution is 0.294. The lowest BCUT2D eigenvalue weighted by Gasteiger charge is -2.15. The summed E-state index contributed by atoms with van der Waals surface area (Å²) >= 11 is 0. The summed E-state index contributed by atoms with van der Waals surface area (Å²) in [5.41, 5.74) is 3.33. The first-order valence-electron chi connectivity index (χ1n) is 9.49. The van der Waals surface area contributed by atoms with Gasteiger partial charge >= 0.3 is 0 Å². The lowest BCUT2D eigenvalue weighted by atomic mass is 10.1. The number of methoxy groups -OCH3 is 2. The van der Waals surface area contributed by atoms with E-state index in [0.29, 0.717) is 25.7 Å². The van der Waals surface area contributed by atoms with E-state index in [1.54, 1.807) is 21.3 Å². The Morgan fingerprint density at radius 3 is 2.31 bits per heavy atom. The third-order valence-corrected chi connectivity index (χ3v) is 4.26. The SMILES string of the molecule is CCCOc1ccc(CNC(=NC)NCc2ccc(C)cc2OC)cc1OC.I. The molecule has 29 heavy (non-hydrogen) atoms. The van der Waals surface area contributed by atoms with Crippen LogP contribution in [0, 0.1) is 6.92 Å². The van der Waals surface area contributed by atoms with Gasteiger partial charge in [-0.05, 0) is 42.7 Å². The number of hydrogen-bond acceptors (Lipinski definition) is 4. The number of hydrogen-bond donors (Lipinski definition) is 2. The van der Waals surface area contributed by atoms with Gasteiger partial charge in [-0.2, -0.15) is 0 Å². The molecule has 0 spiro atoms. The molecule has 0 unspecified atom stereocenters. The zero-order chi connectivity index (χ0) is 20.4. The number of aliphatic imine (C=N–C) groups is 1. The first-order valence-corrected chi connectivity index (χ1v) is 9.49. The summed E-state index contributed by atoms with van der Waals surface area (Å²) in [5.74, 6) is 3.09. The molecule has 2 aromatic carbocycles. The summed E-state index contributed by atoms with van der Waals surface area (Å²) in [6.45, 7) is 6.04. The van der Waals surface area contributed by atoms with Gasteiger partial charge < -0.3 is 24.8 Å². The molecule has 0 saturated carbocycles. The first kappa shape index (κ1) is 24.9. The fourth-order valence-corrected chi connectivity index (χ4v) is 2.74. The summed E-state index contributed by atoms with van der Waals surface area (Å²) in [5, 5.41) is 6.64. The van der Waals surface area contributed by atoms with Gasteiger partial charge in [0.25, 0.3) is 0 Å². The van der Waals surface area contributed by atoms with Crippen molar-refractivity contribution >= 4 is 29.9 Å². The molecular weight excluding hydrogens is 481 g/mol. The van der Waals surface area contributed by atoms with E-state index in [-0.39, 0.29) is 24.0 Å². The monoisotopic (exact) mass is 513 g/mol.